The van der Waals surface area contributed by atoms with E-state index in [1.54, 1.807) is 12.1 Å². The minimum atomic E-state index is -3.82. The monoisotopic (exact) mass is 414 g/mol. The highest BCUT2D eigenvalue weighted by Crippen LogP contribution is 2.25. The van der Waals surface area contributed by atoms with E-state index in [2.05, 4.69) is 20.5 Å². The maximum Gasteiger partial charge on any atom is 0.245 e. The second-order valence-electron chi connectivity index (χ2n) is 5.73. The van der Waals surface area contributed by atoms with Crippen molar-refractivity contribution in [2.24, 2.45) is 0 Å². The lowest BCUT2D eigenvalue weighted by atomic mass is 10.2. The summed E-state index contributed by atoms with van der Waals surface area (Å²) in [5.41, 5.74) is 1.10. The number of aryl methyl sites for hydroxylation is 2. The Kier molecular flexibility index (Phi) is 6.58. The van der Waals surface area contributed by atoms with Gasteiger partial charge in [-0.25, -0.2) is 13.1 Å². The molecule has 0 fully saturated rings. The molecule has 0 bridgehead atoms. The van der Waals surface area contributed by atoms with Crippen LogP contribution in [0.3, 0.4) is 0 Å². The smallest absolute Gasteiger partial charge is 0.245 e. The third-order valence-electron chi connectivity index (χ3n) is 3.44. The molecule has 0 aliphatic heterocycles. The van der Waals surface area contributed by atoms with E-state index in [1.807, 2.05) is 0 Å². The van der Waals surface area contributed by atoms with Gasteiger partial charge >= 0.3 is 0 Å². The predicted octanol–water partition coefficient (Wildman–Crippen LogP) is 2.21. The molecule has 27 heavy (non-hydrogen) atoms. The molecule has 1 aromatic carbocycles. The van der Waals surface area contributed by atoms with Crippen LogP contribution < -0.4 is 15.4 Å². The lowest BCUT2D eigenvalue weighted by Crippen LogP contribution is -2.28. The summed E-state index contributed by atoms with van der Waals surface area (Å²) in [6.07, 6.45) is -0.0896. The van der Waals surface area contributed by atoms with Crippen molar-refractivity contribution < 1.29 is 22.5 Å². The van der Waals surface area contributed by atoms with Gasteiger partial charge in [0.05, 0.1) is 10.7 Å². The molecular weight excluding hydrogens is 396 g/mol. The van der Waals surface area contributed by atoms with Gasteiger partial charge in [-0.3, -0.25) is 9.59 Å². The molecule has 0 radical (unpaired) electrons. The van der Waals surface area contributed by atoms with Gasteiger partial charge in [-0.05, 0) is 32.0 Å². The number of rotatable bonds is 7. The Morgan fingerprint density at radius 2 is 1.93 bits per heavy atom. The molecule has 0 saturated carbocycles. The fraction of sp³-hybridized carbons (Fsp3) is 0.312. The minimum absolute atomic E-state index is 0.0248. The Hall–Kier alpha value is -2.43. The molecule has 2 rings (SSSR count). The maximum absolute atomic E-state index is 12.3. The molecule has 0 aliphatic carbocycles. The summed E-state index contributed by atoms with van der Waals surface area (Å²) in [6.45, 7) is 4.27. The van der Waals surface area contributed by atoms with Gasteiger partial charge in [0.25, 0.3) is 0 Å². The molecule has 1 heterocycles. The quantitative estimate of drug-likeness (QED) is 0.636. The third kappa shape index (κ3) is 5.52. The zero-order chi connectivity index (χ0) is 20.2. The van der Waals surface area contributed by atoms with E-state index in [-0.39, 0.29) is 40.2 Å². The van der Waals surface area contributed by atoms with Gasteiger partial charge in [0.2, 0.25) is 21.8 Å². The van der Waals surface area contributed by atoms with Crippen LogP contribution in [0.15, 0.2) is 27.6 Å². The first-order chi connectivity index (χ1) is 12.6. The number of carbonyl (C=O) groups excluding carboxylic acids is 2. The van der Waals surface area contributed by atoms with E-state index >= 15 is 0 Å². The summed E-state index contributed by atoms with van der Waals surface area (Å²) < 4.78 is 31.7. The lowest BCUT2D eigenvalue weighted by molar-refractivity contribution is -0.116. The molecule has 146 valence electrons. The average Bonchev–Trinajstić information content (AvgIpc) is 2.89. The molecule has 11 heteroatoms. The third-order valence-corrected chi connectivity index (χ3v) is 5.46. The summed E-state index contributed by atoms with van der Waals surface area (Å²) in [6, 6.07) is 4.61. The molecule has 0 aliphatic rings. The van der Waals surface area contributed by atoms with Crippen molar-refractivity contribution in [1.29, 1.82) is 0 Å². The van der Waals surface area contributed by atoms with Gasteiger partial charge in [-0.1, -0.05) is 16.8 Å². The van der Waals surface area contributed by atoms with Crippen LogP contribution in [-0.2, 0) is 19.6 Å². The van der Waals surface area contributed by atoms with E-state index in [9.17, 15) is 18.0 Å². The number of carbonyl (C=O) groups is 2. The molecule has 0 saturated heterocycles. The SMILES string of the molecule is CC(=O)Nc1ccc(NC(=O)CCNS(=O)(=O)c2c(C)noc2C)cc1Cl. The van der Waals surface area contributed by atoms with Crippen LogP contribution in [0.2, 0.25) is 5.02 Å². The van der Waals surface area contributed by atoms with Crippen molar-refractivity contribution in [1.82, 2.24) is 9.88 Å². The number of sulfonamides is 1. The van der Waals surface area contributed by atoms with Gasteiger partial charge in [0.1, 0.15) is 10.6 Å². The summed E-state index contributed by atoms with van der Waals surface area (Å²) >= 11 is 6.04. The molecule has 0 unspecified atom stereocenters. The van der Waals surface area contributed by atoms with Gasteiger partial charge in [-0.2, -0.15) is 0 Å². The Balaban J connectivity index is 1.91. The summed E-state index contributed by atoms with van der Waals surface area (Å²) in [7, 11) is -3.82. The van der Waals surface area contributed by atoms with Crippen LogP contribution in [0.25, 0.3) is 0 Å². The van der Waals surface area contributed by atoms with Crippen molar-refractivity contribution in [3.63, 3.8) is 0 Å². The second-order valence-corrected chi connectivity index (χ2v) is 7.84. The molecule has 2 aromatic rings. The van der Waals surface area contributed by atoms with E-state index in [0.717, 1.165) is 0 Å². The zero-order valence-electron chi connectivity index (χ0n) is 14.9. The largest absolute Gasteiger partial charge is 0.360 e. The zero-order valence-corrected chi connectivity index (χ0v) is 16.5. The van der Waals surface area contributed by atoms with Crippen LogP contribution in [0.5, 0.6) is 0 Å². The number of nitrogens with zero attached hydrogens (tertiary/aromatic N) is 1. The number of amides is 2. The number of halogens is 1. The second kappa shape index (κ2) is 8.51. The van der Waals surface area contributed by atoms with Crippen LogP contribution in [-0.4, -0.2) is 31.9 Å². The number of aromatic nitrogens is 1. The molecule has 1 aromatic heterocycles. The van der Waals surface area contributed by atoms with E-state index in [4.69, 9.17) is 16.1 Å². The molecule has 0 spiro atoms. The fourth-order valence-electron chi connectivity index (χ4n) is 2.34. The number of anilines is 2. The standard InChI is InChI=1S/C16H19ClN4O5S/c1-9-16(10(2)26-21-9)27(24,25)18-7-6-15(23)20-12-4-5-14(13(17)8-12)19-11(3)22/h4-5,8,18H,6-7H2,1-3H3,(H,19,22)(H,20,23). The molecular formula is C16H19ClN4O5S. The van der Waals surface area contributed by atoms with E-state index in [1.165, 1.54) is 26.8 Å². The topological polar surface area (TPSA) is 130 Å². The normalized spacial score (nSPS) is 11.3. The number of hydrogen-bond donors (Lipinski definition) is 3. The van der Waals surface area contributed by atoms with Crippen molar-refractivity contribution in [3.8, 4) is 0 Å². The van der Waals surface area contributed by atoms with Crippen LogP contribution in [0, 0.1) is 13.8 Å². The average molecular weight is 415 g/mol. The van der Waals surface area contributed by atoms with Crippen molar-refractivity contribution in [2.45, 2.75) is 32.1 Å². The van der Waals surface area contributed by atoms with Gasteiger partial charge in [-0.15, -0.1) is 0 Å². The van der Waals surface area contributed by atoms with E-state index in [0.29, 0.717) is 11.4 Å². The van der Waals surface area contributed by atoms with Crippen molar-refractivity contribution in [2.75, 3.05) is 17.2 Å². The molecule has 0 atom stereocenters. The van der Waals surface area contributed by atoms with Gasteiger partial charge in [0, 0.05) is 25.6 Å². The lowest BCUT2D eigenvalue weighted by Gasteiger charge is -2.10. The first-order valence-corrected chi connectivity index (χ1v) is 9.76. The summed E-state index contributed by atoms with van der Waals surface area (Å²) in [5.74, 6) is -0.488. The highest BCUT2D eigenvalue weighted by Gasteiger charge is 2.23. The number of benzene rings is 1. The van der Waals surface area contributed by atoms with Crippen molar-refractivity contribution >= 4 is 44.8 Å². The van der Waals surface area contributed by atoms with Crippen molar-refractivity contribution in [3.05, 3.63) is 34.7 Å². The molecule has 9 nitrogen and oxygen atoms in total. The van der Waals surface area contributed by atoms with E-state index < -0.39 is 15.9 Å². The van der Waals surface area contributed by atoms with Crippen LogP contribution in [0.1, 0.15) is 24.8 Å². The van der Waals surface area contributed by atoms with Crippen LogP contribution >= 0.6 is 11.6 Å². The minimum Gasteiger partial charge on any atom is -0.360 e. The Morgan fingerprint density at radius 3 is 2.48 bits per heavy atom. The first-order valence-electron chi connectivity index (χ1n) is 7.89. The number of nitrogens with one attached hydrogen (secondary N) is 3. The Bertz CT molecular complexity index is 952. The van der Waals surface area contributed by atoms with Gasteiger partial charge in [0.15, 0.2) is 5.76 Å². The van der Waals surface area contributed by atoms with Crippen LogP contribution in [0.4, 0.5) is 11.4 Å². The molecule has 2 amide bonds. The maximum atomic E-state index is 12.3. The highest BCUT2D eigenvalue weighted by atomic mass is 35.5. The molecule has 3 N–H and O–H groups in total. The highest BCUT2D eigenvalue weighted by molar-refractivity contribution is 7.89. The first kappa shape index (κ1) is 20.9. The summed E-state index contributed by atoms with van der Waals surface area (Å²) in [5, 5.41) is 9.03. The Morgan fingerprint density at radius 1 is 1.22 bits per heavy atom. The fourth-order valence-corrected chi connectivity index (χ4v) is 3.92. The van der Waals surface area contributed by atoms with Gasteiger partial charge < -0.3 is 15.2 Å². The predicted molar refractivity (Wildman–Crippen MR) is 100 cm³/mol. The summed E-state index contributed by atoms with van der Waals surface area (Å²) in [4.78, 5) is 23.0. The number of hydrogen-bond acceptors (Lipinski definition) is 6. The Labute approximate surface area is 161 Å².